The maximum atomic E-state index is 13.5. The fourth-order valence-electron chi connectivity index (χ4n) is 3.32. The molecule has 2 N–H and O–H groups in total. The van der Waals surface area contributed by atoms with Crippen LogP contribution in [0.1, 0.15) is 22.0 Å². The molecule has 31 heavy (non-hydrogen) atoms. The third kappa shape index (κ3) is 3.45. The fraction of sp³-hybridized carbons (Fsp3) is 0.150. The van der Waals surface area contributed by atoms with Crippen LogP contribution in [0.5, 0.6) is 11.5 Å². The van der Waals surface area contributed by atoms with Gasteiger partial charge in [0, 0.05) is 5.56 Å². The van der Waals surface area contributed by atoms with E-state index in [4.69, 9.17) is 9.47 Å². The Morgan fingerprint density at radius 1 is 1.16 bits per heavy atom. The molecule has 1 atom stereocenters. The van der Waals surface area contributed by atoms with Gasteiger partial charge in [-0.1, -0.05) is 11.2 Å². The number of aromatic hydroxyl groups is 1. The lowest BCUT2D eigenvalue weighted by molar-refractivity contribution is -0.136. The molecular weight excluding hydrogens is 409 g/mol. The van der Waals surface area contributed by atoms with Crippen LogP contribution in [0.4, 0.5) is 10.3 Å². The number of hydrogen-bond donors (Lipinski definition) is 2. The van der Waals surface area contributed by atoms with Gasteiger partial charge in [-0.15, -0.1) is 0 Å². The predicted octanol–water partition coefficient (Wildman–Crippen LogP) is 1.85. The number of Topliss-reactive ketones (excluding diaryl/α,β-unsaturated/α-hetero) is 1. The first kappa shape index (κ1) is 20.0. The number of phenols is 1. The number of allylic oxidation sites excluding steroid dienone is 1. The van der Waals surface area contributed by atoms with Gasteiger partial charge in [-0.2, -0.15) is 4.68 Å². The summed E-state index contributed by atoms with van der Waals surface area (Å²) in [5.41, 5.74) is 0.422. The highest BCUT2D eigenvalue weighted by atomic mass is 19.1. The third-order valence-electron chi connectivity index (χ3n) is 4.78. The number of anilines is 1. The Balaban J connectivity index is 1.96. The summed E-state index contributed by atoms with van der Waals surface area (Å²) in [4.78, 5) is 26.0. The fourth-order valence-corrected chi connectivity index (χ4v) is 3.32. The molecule has 11 heteroatoms. The lowest BCUT2D eigenvalue weighted by atomic mass is 9.89. The van der Waals surface area contributed by atoms with Crippen molar-refractivity contribution in [3.8, 4) is 11.5 Å². The van der Waals surface area contributed by atoms with E-state index in [0.717, 1.165) is 12.1 Å². The Bertz CT molecular complexity index is 1200. The zero-order valence-corrected chi connectivity index (χ0v) is 16.4. The number of halogens is 1. The molecule has 1 aliphatic rings. The summed E-state index contributed by atoms with van der Waals surface area (Å²) in [6, 6.07) is 8.37. The number of hydrogen-bond acceptors (Lipinski definition) is 9. The molecule has 2 aromatic carbocycles. The summed E-state index contributed by atoms with van der Waals surface area (Å²) >= 11 is 0. The number of ether oxygens (including phenoxy) is 2. The normalized spacial score (nSPS) is 15.1. The highest BCUT2D eigenvalue weighted by molar-refractivity contribution is 6.14. The Hall–Kier alpha value is -4.28. The summed E-state index contributed by atoms with van der Waals surface area (Å²) < 4.78 is 24.7. The van der Waals surface area contributed by atoms with Crippen LogP contribution < -0.4 is 10.1 Å². The zero-order valence-electron chi connectivity index (χ0n) is 16.4. The highest BCUT2D eigenvalue weighted by Gasteiger charge is 2.38. The standard InChI is InChI=1S/C20H16FN5O5/c1-30-14-9-11(5-8-13(14)27)17-15(18(28)10-3-6-12(21)7-4-10)16(19(29)31-2)22-20-23-24-25-26(17)20/h3-9,17,27H,1-2H3,(H,22,23,25)/t17-/m1/s1. The summed E-state index contributed by atoms with van der Waals surface area (Å²) in [6.07, 6.45) is 0. The Morgan fingerprint density at radius 2 is 1.90 bits per heavy atom. The van der Waals surface area contributed by atoms with E-state index >= 15 is 0 Å². The Labute approximate surface area is 174 Å². The molecule has 0 spiro atoms. The van der Waals surface area contributed by atoms with Gasteiger partial charge in [0.15, 0.2) is 17.3 Å². The SMILES string of the molecule is COC(=O)C1=C(C(=O)c2ccc(F)cc2)[C@@H](c2ccc(O)c(OC)c2)n2nnnc2N1. The molecule has 0 saturated carbocycles. The quantitative estimate of drug-likeness (QED) is 0.465. The summed E-state index contributed by atoms with van der Waals surface area (Å²) in [6.45, 7) is 0. The molecule has 0 fully saturated rings. The van der Waals surface area contributed by atoms with Crippen molar-refractivity contribution in [1.82, 2.24) is 20.2 Å². The van der Waals surface area contributed by atoms with Gasteiger partial charge in [0.1, 0.15) is 17.6 Å². The lowest BCUT2D eigenvalue weighted by Gasteiger charge is -2.28. The van der Waals surface area contributed by atoms with E-state index in [2.05, 4.69) is 20.8 Å². The second-order valence-corrected chi connectivity index (χ2v) is 6.52. The number of benzene rings is 2. The minimum atomic E-state index is -0.965. The highest BCUT2D eigenvalue weighted by Crippen LogP contribution is 2.39. The van der Waals surface area contributed by atoms with Crippen LogP contribution in [-0.2, 0) is 9.53 Å². The van der Waals surface area contributed by atoms with Crippen LogP contribution >= 0.6 is 0 Å². The van der Waals surface area contributed by atoms with Crippen LogP contribution in [0.2, 0.25) is 0 Å². The topological polar surface area (TPSA) is 128 Å². The second-order valence-electron chi connectivity index (χ2n) is 6.52. The van der Waals surface area contributed by atoms with Crippen molar-refractivity contribution in [2.75, 3.05) is 19.5 Å². The van der Waals surface area contributed by atoms with Crippen LogP contribution in [0.15, 0.2) is 53.7 Å². The molecule has 0 radical (unpaired) electrons. The lowest BCUT2D eigenvalue weighted by Crippen LogP contribution is -2.33. The monoisotopic (exact) mass is 425 g/mol. The van der Waals surface area contributed by atoms with Gasteiger partial charge in [0.25, 0.3) is 0 Å². The molecule has 3 aromatic rings. The van der Waals surface area contributed by atoms with Crippen LogP contribution in [-0.4, -0.2) is 51.3 Å². The van der Waals surface area contributed by atoms with E-state index < -0.39 is 23.6 Å². The minimum absolute atomic E-state index is 0.0222. The van der Waals surface area contributed by atoms with E-state index in [1.807, 2.05) is 0 Å². The van der Waals surface area contributed by atoms with Crippen molar-refractivity contribution in [3.05, 3.63) is 70.7 Å². The maximum Gasteiger partial charge on any atom is 0.355 e. The first-order valence-corrected chi connectivity index (χ1v) is 8.99. The molecule has 10 nitrogen and oxygen atoms in total. The number of aromatic nitrogens is 4. The van der Waals surface area contributed by atoms with Crippen molar-refractivity contribution >= 4 is 17.7 Å². The average Bonchev–Trinajstić information content (AvgIpc) is 3.26. The number of nitrogens with zero attached hydrogens (tertiary/aromatic N) is 4. The molecule has 158 valence electrons. The number of methoxy groups -OCH3 is 2. The smallest absolute Gasteiger partial charge is 0.355 e. The Morgan fingerprint density at radius 3 is 2.58 bits per heavy atom. The predicted molar refractivity (Wildman–Crippen MR) is 104 cm³/mol. The molecule has 0 saturated heterocycles. The molecule has 0 unspecified atom stereocenters. The van der Waals surface area contributed by atoms with Crippen molar-refractivity contribution in [2.45, 2.75) is 6.04 Å². The minimum Gasteiger partial charge on any atom is -0.504 e. The molecule has 0 bridgehead atoms. The Kier molecular flexibility index (Phi) is 5.07. The molecular formula is C20H16FN5O5. The summed E-state index contributed by atoms with van der Waals surface area (Å²) in [5.74, 6) is -1.74. The summed E-state index contributed by atoms with van der Waals surface area (Å²) in [7, 11) is 2.55. The molecule has 1 aromatic heterocycles. The maximum absolute atomic E-state index is 13.5. The molecule has 2 heterocycles. The number of fused-ring (bicyclic) bond motifs is 1. The first-order chi connectivity index (χ1) is 14.9. The van der Waals surface area contributed by atoms with Crippen molar-refractivity contribution < 1.29 is 28.6 Å². The van der Waals surface area contributed by atoms with Gasteiger partial charge >= 0.3 is 5.97 Å². The van der Waals surface area contributed by atoms with Gasteiger partial charge in [-0.05, 0) is 52.4 Å². The van der Waals surface area contributed by atoms with Gasteiger partial charge in [0.2, 0.25) is 5.95 Å². The van der Waals surface area contributed by atoms with E-state index in [1.165, 1.54) is 43.2 Å². The number of ketones is 1. The molecule has 0 amide bonds. The van der Waals surface area contributed by atoms with Crippen LogP contribution in [0.3, 0.4) is 0 Å². The second kappa shape index (κ2) is 7.86. The number of nitrogens with one attached hydrogen (secondary N) is 1. The molecule has 0 aliphatic carbocycles. The van der Waals surface area contributed by atoms with Gasteiger partial charge in [-0.3, -0.25) is 4.79 Å². The number of tetrazole rings is 1. The van der Waals surface area contributed by atoms with E-state index in [1.54, 1.807) is 6.07 Å². The number of phenolic OH excluding ortho intramolecular Hbond substituents is 1. The molecule has 1 aliphatic heterocycles. The average molecular weight is 425 g/mol. The number of esters is 1. The van der Waals surface area contributed by atoms with Crippen LogP contribution in [0, 0.1) is 5.82 Å². The van der Waals surface area contributed by atoms with Gasteiger partial charge in [-0.25, -0.2) is 9.18 Å². The number of carbonyl (C=O) groups is 2. The van der Waals surface area contributed by atoms with Gasteiger partial charge in [0.05, 0.1) is 19.8 Å². The van der Waals surface area contributed by atoms with Crippen LogP contribution in [0.25, 0.3) is 0 Å². The van der Waals surface area contributed by atoms with Crippen molar-refractivity contribution in [1.29, 1.82) is 0 Å². The van der Waals surface area contributed by atoms with E-state index in [0.29, 0.717) is 5.56 Å². The molecule has 4 rings (SSSR count). The van der Waals surface area contributed by atoms with Crippen molar-refractivity contribution in [2.24, 2.45) is 0 Å². The third-order valence-corrected chi connectivity index (χ3v) is 4.78. The largest absolute Gasteiger partial charge is 0.504 e. The first-order valence-electron chi connectivity index (χ1n) is 8.99. The van der Waals surface area contributed by atoms with E-state index in [-0.39, 0.29) is 34.3 Å². The number of rotatable bonds is 5. The van der Waals surface area contributed by atoms with Gasteiger partial charge < -0.3 is 19.9 Å². The van der Waals surface area contributed by atoms with Crippen molar-refractivity contribution in [3.63, 3.8) is 0 Å². The number of carbonyl (C=O) groups excluding carboxylic acids is 2. The zero-order chi connectivity index (χ0) is 22.1. The summed E-state index contributed by atoms with van der Waals surface area (Å²) in [5, 5.41) is 24.1. The van der Waals surface area contributed by atoms with E-state index in [9.17, 15) is 19.1 Å².